The molecule has 0 aliphatic rings. The Bertz CT molecular complexity index is 2740. The molecule has 3 nitrogen and oxygen atoms in total. The van der Waals surface area contributed by atoms with E-state index in [0.717, 1.165) is 88.2 Å². The van der Waals surface area contributed by atoms with Crippen LogP contribution in [0.5, 0.6) is 0 Å². The largest absolute Gasteiger partial charge is 0.455 e. The van der Waals surface area contributed by atoms with Gasteiger partial charge in [-0.25, -0.2) is 0 Å². The van der Waals surface area contributed by atoms with Crippen LogP contribution in [-0.2, 0) is 0 Å². The highest BCUT2D eigenvalue weighted by Crippen LogP contribution is 2.42. The maximum Gasteiger partial charge on any atom is 0.145 e. The smallest absolute Gasteiger partial charge is 0.145 e. The predicted octanol–water partition coefficient (Wildman–Crippen LogP) is 11.9. The fourth-order valence-corrected chi connectivity index (χ4v) is 7.20. The second-order valence-corrected chi connectivity index (χ2v) is 11.7. The van der Waals surface area contributed by atoms with Crippen LogP contribution in [0, 0.1) is 0 Å². The zero-order valence-corrected chi connectivity index (χ0v) is 24.2. The highest BCUT2D eigenvalue weighted by molar-refractivity contribution is 6.24. The quantitative estimate of drug-likeness (QED) is 0.210. The number of nitrogens with zero attached hydrogens (tertiary/aromatic N) is 1. The highest BCUT2D eigenvalue weighted by atomic mass is 16.3. The van der Waals surface area contributed by atoms with E-state index >= 15 is 0 Å². The van der Waals surface area contributed by atoms with Crippen LogP contribution in [0.1, 0.15) is 0 Å². The van der Waals surface area contributed by atoms with Crippen molar-refractivity contribution in [2.45, 2.75) is 0 Å². The van der Waals surface area contributed by atoms with Crippen molar-refractivity contribution in [3.8, 4) is 27.9 Å². The molecule has 0 aliphatic heterocycles. The van der Waals surface area contributed by atoms with Crippen molar-refractivity contribution in [1.29, 1.82) is 0 Å². The molecule has 7 aromatic carbocycles. The molecule has 0 unspecified atom stereocenters. The Morgan fingerprint density at radius 2 is 0.956 bits per heavy atom. The second-order valence-electron chi connectivity index (χ2n) is 11.7. The Hall–Kier alpha value is -6.06. The van der Waals surface area contributed by atoms with Gasteiger partial charge >= 0.3 is 0 Å². The molecule has 0 N–H and O–H groups in total. The molecule has 10 aromatic rings. The van der Waals surface area contributed by atoms with Crippen LogP contribution in [0.2, 0.25) is 0 Å². The monoisotopic (exact) mass is 575 g/mol. The molecule has 0 atom stereocenters. The number of hydrogen-bond donors (Lipinski definition) is 0. The van der Waals surface area contributed by atoms with Crippen molar-refractivity contribution in [1.82, 2.24) is 4.57 Å². The first-order valence-corrected chi connectivity index (χ1v) is 15.3. The summed E-state index contributed by atoms with van der Waals surface area (Å²) in [4.78, 5) is 0. The second kappa shape index (κ2) is 9.22. The minimum atomic E-state index is 0.910. The lowest BCUT2D eigenvalue weighted by Gasteiger charge is -2.10. The van der Waals surface area contributed by atoms with Gasteiger partial charge in [0.05, 0.1) is 16.4 Å². The molecular formula is C42H25NO2. The summed E-state index contributed by atoms with van der Waals surface area (Å²) in [6.45, 7) is 0. The normalized spacial score (nSPS) is 12.0. The minimum Gasteiger partial charge on any atom is -0.455 e. The molecule has 0 aliphatic carbocycles. The highest BCUT2D eigenvalue weighted by Gasteiger charge is 2.19. The molecule has 0 radical (unpaired) electrons. The molecule has 3 heteroatoms. The van der Waals surface area contributed by atoms with Gasteiger partial charge in [0.2, 0.25) is 0 Å². The van der Waals surface area contributed by atoms with Gasteiger partial charge in [-0.1, -0.05) is 115 Å². The number of aromatic nitrogens is 1. The third-order valence-corrected chi connectivity index (χ3v) is 9.23. The Morgan fingerprint density at radius 3 is 1.71 bits per heavy atom. The van der Waals surface area contributed by atoms with Crippen LogP contribution < -0.4 is 0 Å². The van der Waals surface area contributed by atoms with Gasteiger partial charge in [0.1, 0.15) is 22.3 Å². The maximum absolute atomic E-state index is 6.69. The van der Waals surface area contributed by atoms with E-state index in [1.54, 1.807) is 0 Å². The summed E-state index contributed by atoms with van der Waals surface area (Å²) in [5, 5.41) is 6.87. The fraction of sp³-hybridized carbons (Fsp3) is 0. The lowest BCUT2D eigenvalue weighted by Crippen LogP contribution is -1.93. The number of hydrogen-bond acceptors (Lipinski definition) is 2. The van der Waals surface area contributed by atoms with Gasteiger partial charge < -0.3 is 13.4 Å². The molecule has 0 amide bonds. The lowest BCUT2D eigenvalue weighted by atomic mass is 10.00. The van der Waals surface area contributed by atoms with E-state index in [9.17, 15) is 0 Å². The van der Waals surface area contributed by atoms with Crippen LogP contribution in [0.25, 0.3) is 93.6 Å². The number of para-hydroxylation sites is 4. The topological polar surface area (TPSA) is 31.2 Å². The number of fused-ring (bicyclic) bond motifs is 10. The molecule has 0 fully saturated rings. The SMILES string of the molecule is c1ccc(-c2cccc3c2oc2c(-c4ccc(-n5c6ccccc6c6c7oc8ccccc8c7ccc65)cc4)cccc23)cc1. The van der Waals surface area contributed by atoms with Crippen molar-refractivity contribution < 1.29 is 8.83 Å². The molecule has 0 saturated heterocycles. The van der Waals surface area contributed by atoms with Crippen molar-refractivity contribution in [2.24, 2.45) is 0 Å². The molecule has 10 rings (SSSR count). The van der Waals surface area contributed by atoms with Crippen molar-refractivity contribution in [3.05, 3.63) is 152 Å². The Morgan fingerprint density at radius 1 is 0.356 bits per heavy atom. The molecule has 0 saturated carbocycles. The van der Waals surface area contributed by atoms with E-state index in [4.69, 9.17) is 8.83 Å². The molecule has 0 bridgehead atoms. The summed E-state index contributed by atoms with van der Waals surface area (Å²) < 4.78 is 15.5. The number of benzene rings is 7. The van der Waals surface area contributed by atoms with Gasteiger partial charge in [-0.3, -0.25) is 0 Å². The number of rotatable bonds is 3. The van der Waals surface area contributed by atoms with Crippen molar-refractivity contribution in [2.75, 3.05) is 0 Å². The summed E-state index contributed by atoms with van der Waals surface area (Å²) in [6, 6.07) is 53.4. The third kappa shape index (κ3) is 3.46. The average molecular weight is 576 g/mol. The summed E-state index contributed by atoms with van der Waals surface area (Å²) in [5.41, 5.74) is 11.5. The molecule has 210 valence electrons. The Balaban J connectivity index is 1.15. The van der Waals surface area contributed by atoms with E-state index in [1.807, 2.05) is 18.2 Å². The third-order valence-electron chi connectivity index (χ3n) is 9.23. The first-order chi connectivity index (χ1) is 22.3. The first kappa shape index (κ1) is 24.4. The zero-order valence-electron chi connectivity index (χ0n) is 24.2. The van der Waals surface area contributed by atoms with Gasteiger partial charge in [-0.15, -0.1) is 0 Å². The minimum absolute atomic E-state index is 0.910. The lowest BCUT2D eigenvalue weighted by molar-refractivity contribution is 0.671. The van der Waals surface area contributed by atoms with Gasteiger partial charge in [0.25, 0.3) is 0 Å². The Kier molecular flexibility index (Phi) is 5.00. The molecule has 45 heavy (non-hydrogen) atoms. The molecule has 3 heterocycles. The van der Waals surface area contributed by atoms with E-state index in [2.05, 4.69) is 138 Å². The van der Waals surface area contributed by atoms with Crippen LogP contribution in [0.4, 0.5) is 0 Å². The molecule has 3 aromatic heterocycles. The first-order valence-electron chi connectivity index (χ1n) is 15.3. The van der Waals surface area contributed by atoms with E-state index < -0.39 is 0 Å². The zero-order chi connectivity index (χ0) is 29.5. The summed E-state index contributed by atoms with van der Waals surface area (Å²) in [6.07, 6.45) is 0. The van der Waals surface area contributed by atoms with Crippen molar-refractivity contribution in [3.63, 3.8) is 0 Å². The molecule has 0 spiro atoms. The van der Waals surface area contributed by atoms with E-state index in [1.165, 1.54) is 5.39 Å². The summed E-state index contributed by atoms with van der Waals surface area (Å²) >= 11 is 0. The maximum atomic E-state index is 6.69. The van der Waals surface area contributed by atoms with Crippen LogP contribution in [0.15, 0.2) is 160 Å². The van der Waals surface area contributed by atoms with Gasteiger partial charge in [-0.2, -0.15) is 0 Å². The standard InChI is InChI=1S/C42H25NO2/c1-2-10-26(11-3-1)29-14-8-16-32-33-17-9-15-30(41(33)45-40(29)32)27-20-22-28(23-21-27)43-36-18-6-4-13-35(36)39-37(43)25-24-34-31-12-5-7-19-38(31)44-42(34)39/h1-25H. The predicted molar refractivity (Wildman–Crippen MR) is 186 cm³/mol. The van der Waals surface area contributed by atoms with Crippen molar-refractivity contribution >= 4 is 65.7 Å². The fourth-order valence-electron chi connectivity index (χ4n) is 7.20. The van der Waals surface area contributed by atoms with Gasteiger partial charge in [0.15, 0.2) is 0 Å². The van der Waals surface area contributed by atoms with Gasteiger partial charge in [0, 0.05) is 43.7 Å². The number of furan rings is 2. The van der Waals surface area contributed by atoms with Crippen LogP contribution >= 0.6 is 0 Å². The van der Waals surface area contributed by atoms with Gasteiger partial charge in [-0.05, 0) is 47.5 Å². The average Bonchev–Trinajstić information content (AvgIpc) is 3.78. The molecular weight excluding hydrogens is 550 g/mol. The summed E-state index contributed by atoms with van der Waals surface area (Å²) in [7, 11) is 0. The van der Waals surface area contributed by atoms with Crippen LogP contribution in [0.3, 0.4) is 0 Å². The Labute approximate surface area is 258 Å². The van der Waals surface area contributed by atoms with Crippen LogP contribution in [-0.4, -0.2) is 4.57 Å². The van der Waals surface area contributed by atoms with E-state index in [0.29, 0.717) is 0 Å². The van der Waals surface area contributed by atoms with E-state index in [-0.39, 0.29) is 0 Å². The summed E-state index contributed by atoms with van der Waals surface area (Å²) in [5.74, 6) is 0.